The van der Waals surface area contributed by atoms with Crippen LogP contribution in [0.15, 0.2) is 0 Å². The molecule has 0 bridgehead atoms. The molecule has 18 heavy (non-hydrogen) atoms. The highest BCUT2D eigenvalue weighted by molar-refractivity contribution is 5.86. The topological polar surface area (TPSA) is 67.9 Å². The maximum atomic E-state index is 12.6. The summed E-state index contributed by atoms with van der Waals surface area (Å²) in [5, 5.41) is 18.1. The van der Waals surface area contributed by atoms with Gasteiger partial charge in [0.15, 0.2) is 0 Å². The molecule has 4 nitrogen and oxygen atoms in total. The predicted molar refractivity (Wildman–Crippen MR) is 66.1 cm³/mol. The second kappa shape index (κ2) is 5.40. The highest BCUT2D eigenvalue weighted by atomic mass is 16.2. The lowest BCUT2D eigenvalue weighted by atomic mass is 9.74. The van der Waals surface area contributed by atoms with E-state index in [0.717, 1.165) is 32.1 Å². The molecule has 0 aromatic rings. The molecule has 0 saturated heterocycles. The largest absolute Gasteiger partial charge is 0.337 e. The zero-order valence-electron chi connectivity index (χ0n) is 10.7. The molecule has 2 fully saturated rings. The number of hydrogen-bond acceptors (Lipinski definition) is 3. The lowest BCUT2D eigenvalue weighted by molar-refractivity contribution is -0.141. The van der Waals surface area contributed by atoms with Crippen molar-refractivity contribution < 1.29 is 4.79 Å². The van der Waals surface area contributed by atoms with E-state index in [1.807, 2.05) is 0 Å². The summed E-state index contributed by atoms with van der Waals surface area (Å²) in [5.74, 6) is -0.0116. The Labute approximate surface area is 108 Å². The average molecular weight is 245 g/mol. The molecule has 1 amide bonds. The van der Waals surface area contributed by atoms with E-state index in [-0.39, 0.29) is 11.9 Å². The Morgan fingerprint density at radius 1 is 1.22 bits per heavy atom. The number of nitriles is 2. The molecular formula is C14H19N3O. The first kappa shape index (κ1) is 12.9. The second-order valence-electron chi connectivity index (χ2n) is 5.39. The van der Waals surface area contributed by atoms with E-state index in [9.17, 15) is 10.1 Å². The molecule has 0 aromatic heterocycles. The summed E-state index contributed by atoms with van der Waals surface area (Å²) < 4.78 is 0. The Kier molecular flexibility index (Phi) is 3.87. The van der Waals surface area contributed by atoms with E-state index in [0.29, 0.717) is 25.8 Å². The average Bonchev–Trinajstić information content (AvgIpc) is 3.24. The molecule has 2 rings (SSSR count). The zero-order chi connectivity index (χ0) is 13.0. The van der Waals surface area contributed by atoms with E-state index in [1.165, 1.54) is 0 Å². The van der Waals surface area contributed by atoms with Gasteiger partial charge < -0.3 is 4.90 Å². The second-order valence-corrected chi connectivity index (χ2v) is 5.39. The minimum atomic E-state index is -0.795. The van der Waals surface area contributed by atoms with Gasteiger partial charge in [-0.1, -0.05) is 19.3 Å². The first-order valence-corrected chi connectivity index (χ1v) is 6.83. The molecule has 0 atom stereocenters. The molecule has 0 heterocycles. The van der Waals surface area contributed by atoms with Crippen LogP contribution in [0.1, 0.15) is 51.4 Å². The summed E-state index contributed by atoms with van der Waals surface area (Å²) in [6, 6.07) is 4.66. The molecule has 0 unspecified atom stereocenters. The zero-order valence-corrected chi connectivity index (χ0v) is 10.7. The Balaban J connectivity index is 2.11. The third-order valence-corrected chi connectivity index (χ3v) is 4.04. The number of carbonyl (C=O) groups is 1. The molecule has 0 N–H and O–H groups in total. The van der Waals surface area contributed by atoms with Crippen LogP contribution < -0.4 is 0 Å². The summed E-state index contributed by atoms with van der Waals surface area (Å²) >= 11 is 0. The van der Waals surface area contributed by atoms with Crippen LogP contribution in [0.3, 0.4) is 0 Å². The summed E-state index contributed by atoms with van der Waals surface area (Å²) in [6.45, 7) is 0.490. The van der Waals surface area contributed by atoms with Crippen LogP contribution in [0.25, 0.3) is 0 Å². The number of carbonyl (C=O) groups excluding carboxylic acids is 1. The van der Waals surface area contributed by atoms with Gasteiger partial charge in [-0.2, -0.15) is 10.5 Å². The van der Waals surface area contributed by atoms with Crippen LogP contribution >= 0.6 is 0 Å². The van der Waals surface area contributed by atoms with Crippen LogP contribution in [-0.2, 0) is 4.79 Å². The van der Waals surface area contributed by atoms with Crippen LogP contribution in [0.4, 0.5) is 0 Å². The van der Waals surface area contributed by atoms with Crippen molar-refractivity contribution in [3.63, 3.8) is 0 Å². The van der Waals surface area contributed by atoms with E-state index < -0.39 is 5.41 Å². The Bertz CT molecular complexity index is 394. The highest BCUT2D eigenvalue weighted by Gasteiger charge is 2.45. The van der Waals surface area contributed by atoms with Crippen molar-refractivity contribution in [2.45, 2.75) is 57.4 Å². The summed E-state index contributed by atoms with van der Waals surface area (Å²) in [6.07, 6.45) is 6.86. The predicted octanol–water partition coefficient (Wildman–Crippen LogP) is 2.37. The first-order valence-electron chi connectivity index (χ1n) is 6.83. The van der Waals surface area contributed by atoms with Gasteiger partial charge in [-0.3, -0.25) is 4.79 Å². The van der Waals surface area contributed by atoms with Crippen molar-refractivity contribution in [3.8, 4) is 12.1 Å². The van der Waals surface area contributed by atoms with Crippen molar-refractivity contribution in [3.05, 3.63) is 0 Å². The quantitative estimate of drug-likeness (QED) is 0.763. The van der Waals surface area contributed by atoms with E-state index in [2.05, 4.69) is 12.1 Å². The Morgan fingerprint density at radius 3 is 2.39 bits per heavy atom. The molecule has 4 heteroatoms. The lowest BCUT2D eigenvalue weighted by Crippen LogP contribution is -2.45. The van der Waals surface area contributed by atoms with Crippen molar-refractivity contribution >= 4 is 5.91 Å². The minimum Gasteiger partial charge on any atom is -0.337 e. The number of amides is 1. The SMILES string of the molecule is N#CCCN(C(=O)C1(C#N)CCCCC1)C1CC1. The summed E-state index contributed by atoms with van der Waals surface area (Å²) in [4.78, 5) is 14.4. The molecular weight excluding hydrogens is 226 g/mol. The fourth-order valence-electron chi connectivity index (χ4n) is 2.81. The lowest BCUT2D eigenvalue weighted by Gasteiger charge is -2.34. The monoisotopic (exact) mass is 245 g/mol. The van der Waals surface area contributed by atoms with Gasteiger partial charge in [-0.25, -0.2) is 0 Å². The molecule has 2 aliphatic carbocycles. The van der Waals surface area contributed by atoms with Gasteiger partial charge in [0.2, 0.25) is 5.91 Å². The fourth-order valence-corrected chi connectivity index (χ4v) is 2.81. The molecule has 0 spiro atoms. The number of rotatable bonds is 4. The van der Waals surface area contributed by atoms with Crippen LogP contribution in [0, 0.1) is 28.1 Å². The van der Waals surface area contributed by atoms with Crippen LogP contribution in [-0.4, -0.2) is 23.4 Å². The Hall–Kier alpha value is -1.55. The normalized spacial score (nSPS) is 21.7. The van der Waals surface area contributed by atoms with E-state index in [4.69, 9.17) is 5.26 Å². The molecule has 0 radical (unpaired) electrons. The van der Waals surface area contributed by atoms with Gasteiger partial charge >= 0.3 is 0 Å². The number of nitrogens with zero attached hydrogens (tertiary/aromatic N) is 3. The van der Waals surface area contributed by atoms with Gasteiger partial charge in [-0.15, -0.1) is 0 Å². The van der Waals surface area contributed by atoms with Crippen molar-refractivity contribution in [2.75, 3.05) is 6.54 Å². The van der Waals surface area contributed by atoms with Gasteiger partial charge in [0.05, 0.1) is 18.6 Å². The van der Waals surface area contributed by atoms with Crippen molar-refractivity contribution in [1.29, 1.82) is 10.5 Å². The fraction of sp³-hybridized carbons (Fsp3) is 0.786. The van der Waals surface area contributed by atoms with Crippen molar-refractivity contribution in [2.24, 2.45) is 5.41 Å². The molecule has 96 valence electrons. The maximum Gasteiger partial charge on any atom is 0.243 e. The smallest absolute Gasteiger partial charge is 0.243 e. The third kappa shape index (κ3) is 2.48. The van der Waals surface area contributed by atoms with Crippen LogP contribution in [0.5, 0.6) is 0 Å². The number of hydrogen-bond donors (Lipinski definition) is 0. The van der Waals surface area contributed by atoms with Gasteiger partial charge in [0.25, 0.3) is 0 Å². The van der Waals surface area contributed by atoms with Gasteiger partial charge in [0, 0.05) is 12.6 Å². The first-order chi connectivity index (χ1) is 8.73. The maximum absolute atomic E-state index is 12.6. The summed E-state index contributed by atoms with van der Waals surface area (Å²) in [7, 11) is 0. The van der Waals surface area contributed by atoms with E-state index in [1.54, 1.807) is 4.90 Å². The highest BCUT2D eigenvalue weighted by Crippen LogP contribution is 2.40. The molecule has 0 aromatic carbocycles. The standard InChI is InChI=1S/C14H19N3O/c15-9-4-10-17(12-5-6-12)13(18)14(11-16)7-2-1-3-8-14/h12H,1-8,10H2. The molecule has 2 aliphatic rings. The molecule has 0 aliphatic heterocycles. The van der Waals surface area contributed by atoms with E-state index >= 15 is 0 Å². The van der Waals surface area contributed by atoms with Gasteiger partial charge in [0.1, 0.15) is 5.41 Å². The summed E-state index contributed by atoms with van der Waals surface area (Å²) in [5.41, 5.74) is -0.795. The van der Waals surface area contributed by atoms with Crippen molar-refractivity contribution in [1.82, 2.24) is 4.90 Å². The van der Waals surface area contributed by atoms with Crippen LogP contribution in [0.2, 0.25) is 0 Å². The minimum absolute atomic E-state index is 0.0116. The molecule has 2 saturated carbocycles. The third-order valence-electron chi connectivity index (χ3n) is 4.04. The van der Waals surface area contributed by atoms with Gasteiger partial charge in [-0.05, 0) is 25.7 Å². The Morgan fingerprint density at radius 2 is 1.89 bits per heavy atom.